The van der Waals surface area contributed by atoms with Gasteiger partial charge in [-0.15, -0.1) is 0 Å². The van der Waals surface area contributed by atoms with Gasteiger partial charge in [-0.05, 0) is 30.7 Å². The minimum absolute atomic E-state index is 0.0549. The van der Waals surface area contributed by atoms with E-state index in [1.807, 2.05) is 35.2 Å². The van der Waals surface area contributed by atoms with Crippen LogP contribution in [0.1, 0.15) is 17.0 Å². The molecule has 0 unspecified atom stereocenters. The zero-order chi connectivity index (χ0) is 18.9. The highest BCUT2D eigenvalue weighted by Gasteiger charge is 2.24. The van der Waals surface area contributed by atoms with Crippen molar-refractivity contribution in [2.24, 2.45) is 4.99 Å². The molecule has 1 N–H and O–H groups in total. The molecule has 1 saturated heterocycles. The number of nitrogens with one attached hydrogen (secondary N) is 1. The maximum Gasteiger partial charge on any atom is 0.289 e. The predicted octanol–water partition coefficient (Wildman–Crippen LogP) is 2.08. The van der Waals surface area contributed by atoms with Gasteiger partial charge < -0.3 is 24.3 Å². The van der Waals surface area contributed by atoms with Crippen molar-refractivity contribution in [3.05, 3.63) is 54.5 Å². The first-order valence-electron chi connectivity index (χ1n) is 9.24. The van der Waals surface area contributed by atoms with Crippen molar-refractivity contribution in [3.63, 3.8) is 0 Å². The van der Waals surface area contributed by atoms with Crippen molar-refractivity contribution >= 4 is 11.9 Å². The van der Waals surface area contributed by atoms with E-state index in [-0.39, 0.29) is 5.91 Å². The molecular formula is C20H26N4O3. The number of guanidine groups is 1. The van der Waals surface area contributed by atoms with Crippen molar-refractivity contribution in [2.45, 2.75) is 6.42 Å². The van der Waals surface area contributed by atoms with Crippen LogP contribution in [0.2, 0.25) is 0 Å². The minimum atomic E-state index is -0.0549. The van der Waals surface area contributed by atoms with Gasteiger partial charge in [-0.3, -0.25) is 9.79 Å². The molecule has 3 rings (SSSR count). The van der Waals surface area contributed by atoms with Gasteiger partial charge in [0.1, 0.15) is 5.75 Å². The second kappa shape index (κ2) is 9.66. The van der Waals surface area contributed by atoms with Crippen molar-refractivity contribution in [1.82, 2.24) is 15.1 Å². The highest BCUT2D eigenvalue weighted by atomic mass is 16.5. The van der Waals surface area contributed by atoms with Gasteiger partial charge in [0.2, 0.25) is 0 Å². The standard InChI is InChI=1S/C20H26N4O3/c1-21-20(22-10-6-16-26-17-7-3-2-4-8-17)24-13-11-23(12-14-24)19(25)18-9-5-15-27-18/h2-5,7-9,15H,6,10-14,16H2,1H3,(H,21,22). The zero-order valence-electron chi connectivity index (χ0n) is 15.6. The highest BCUT2D eigenvalue weighted by molar-refractivity contribution is 5.91. The van der Waals surface area contributed by atoms with Crippen LogP contribution in [0.3, 0.4) is 0 Å². The Bertz CT molecular complexity index is 723. The van der Waals surface area contributed by atoms with Crippen LogP contribution in [0.25, 0.3) is 0 Å². The van der Waals surface area contributed by atoms with Gasteiger partial charge in [0, 0.05) is 39.8 Å². The number of carbonyl (C=O) groups is 1. The Labute approximate surface area is 159 Å². The largest absolute Gasteiger partial charge is 0.494 e. The van der Waals surface area contributed by atoms with Gasteiger partial charge in [0.15, 0.2) is 11.7 Å². The molecule has 0 bridgehead atoms. The van der Waals surface area contributed by atoms with Gasteiger partial charge in [-0.25, -0.2) is 0 Å². The molecule has 7 heteroatoms. The van der Waals surface area contributed by atoms with Crippen LogP contribution in [-0.4, -0.2) is 68.0 Å². The molecule has 2 aromatic rings. The first-order valence-corrected chi connectivity index (χ1v) is 9.24. The summed E-state index contributed by atoms with van der Waals surface area (Å²) in [5.41, 5.74) is 0. The fourth-order valence-corrected chi connectivity index (χ4v) is 2.99. The van der Waals surface area contributed by atoms with E-state index in [2.05, 4.69) is 15.2 Å². The summed E-state index contributed by atoms with van der Waals surface area (Å²) in [5, 5.41) is 3.37. The lowest BCUT2D eigenvalue weighted by atomic mass is 10.3. The van der Waals surface area contributed by atoms with E-state index in [4.69, 9.17) is 9.15 Å². The number of furan rings is 1. The number of hydrogen-bond donors (Lipinski definition) is 1. The highest BCUT2D eigenvalue weighted by Crippen LogP contribution is 2.10. The summed E-state index contributed by atoms with van der Waals surface area (Å²) in [6, 6.07) is 13.2. The Balaban J connectivity index is 1.37. The van der Waals surface area contributed by atoms with Crippen molar-refractivity contribution < 1.29 is 13.9 Å². The molecule has 0 spiro atoms. The van der Waals surface area contributed by atoms with Crippen LogP contribution < -0.4 is 10.1 Å². The monoisotopic (exact) mass is 370 g/mol. The molecule has 144 valence electrons. The minimum Gasteiger partial charge on any atom is -0.494 e. The molecule has 1 aliphatic rings. The second-order valence-electron chi connectivity index (χ2n) is 6.25. The molecule has 1 amide bonds. The topological polar surface area (TPSA) is 70.3 Å². The Morgan fingerprint density at radius 3 is 2.52 bits per heavy atom. The summed E-state index contributed by atoms with van der Waals surface area (Å²) in [6.07, 6.45) is 2.40. The molecule has 7 nitrogen and oxygen atoms in total. The van der Waals surface area contributed by atoms with E-state index < -0.39 is 0 Å². The summed E-state index contributed by atoms with van der Waals surface area (Å²) < 4.78 is 10.9. The van der Waals surface area contributed by atoms with Crippen molar-refractivity contribution in [1.29, 1.82) is 0 Å². The summed E-state index contributed by atoms with van der Waals surface area (Å²) in [7, 11) is 1.78. The number of rotatable bonds is 6. The maximum absolute atomic E-state index is 12.3. The Kier molecular flexibility index (Phi) is 6.73. The Morgan fingerprint density at radius 1 is 1.11 bits per heavy atom. The van der Waals surface area contributed by atoms with E-state index >= 15 is 0 Å². The normalized spacial score (nSPS) is 14.9. The Hall–Kier alpha value is -2.96. The van der Waals surface area contributed by atoms with E-state index in [1.165, 1.54) is 6.26 Å². The van der Waals surface area contributed by atoms with Gasteiger partial charge in [0.05, 0.1) is 12.9 Å². The average molecular weight is 370 g/mol. The number of amides is 1. The fraction of sp³-hybridized carbons (Fsp3) is 0.400. The summed E-state index contributed by atoms with van der Waals surface area (Å²) in [4.78, 5) is 20.7. The third-order valence-corrected chi connectivity index (χ3v) is 4.43. The predicted molar refractivity (Wildman–Crippen MR) is 104 cm³/mol. The Morgan fingerprint density at radius 2 is 1.85 bits per heavy atom. The van der Waals surface area contributed by atoms with Crippen LogP contribution in [0.4, 0.5) is 0 Å². The molecule has 2 heterocycles. The average Bonchev–Trinajstić information content (AvgIpc) is 3.26. The number of nitrogens with zero attached hydrogens (tertiary/aromatic N) is 3. The third-order valence-electron chi connectivity index (χ3n) is 4.43. The van der Waals surface area contributed by atoms with E-state index in [9.17, 15) is 4.79 Å². The number of benzene rings is 1. The van der Waals surface area contributed by atoms with Crippen LogP contribution >= 0.6 is 0 Å². The molecule has 27 heavy (non-hydrogen) atoms. The van der Waals surface area contributed by atoms with Crippen LogP contribution in [-0.2, 0) is 0 Å². The van der Waals surface area contributed by atoms with Crippen LogP contribution in [0, 0.1) is 0 Å². The number of carbonyl (C=O) groups excluding carboxylic acids is 1. The molecule has 1 aromatic carbocycles. The van der Waals surface area contributed by atoms with E-state index in [1.54, 1.807) is 19.2 Å². The molecule has 1 aromatic heterocycles. The van der Waals surface area contributed by atoms with Crippen LogP contribution in [0.15, 0.2) is 58.1 Å². The lowest BCUT2D eigenvalue weighted by Gasteiger charge is -2.36. The summed E-state index contributed by atoms with van der Waals surface area (Å²) >= 11 is 0. The first-order chi connectivity index (χ1) is 13.3. The van der Waals surface area contributed by atoms with Crippen molar-refractivity contribution in [2.75, 3.05) is 46.4 Å². The van der Waals surface area contributed by atoms with Gasteiger partial charge in [-0.1, -0.05) is 18.2 Å². The number of piperazine rings is 1. The number of para-hydroxylation sites is 1. The lowest BCUT2D eigenvalue weighted by molar-refractivity contribution is 0.0657. The molecular weight excluding hydrogens is 344 g/mol. The number of aliphatic imine (C=N–C) groups is 1. The SMILES string of the molecule is CN=C(NCCCOc1ccccc1)N1CCN(C(=O)c2ccco2)CC1. The first kappa shape index (κ1) is 18.8. The molecule has 0 saturated carbocycles. The lowest BCUT2D eigenvalue weighted by Crippen LogP contribution is -2.53. The van der Waals surface area contributed by atoms with Gasteiger partial charge in [-0.2, -0.15) is 0 Å². The van der Waals surface area contributed by atoms with Gasteiger partial charge >= 0.3 is 0 Å². The summed E-state index contributed by atoms with van der Waals surface area (Å²) in [6.45, 7) is 4.22. The second-order valence-corrected chi connectivity index (χ2v) is 6.25. The fourth-order valence-electron chi connectivity index (χ4n) is 2.99. The third kappa shape index (κ3) is 5.26. The van der Waals surface area contributed by atoms with E-state index in [0.29, 0.717) is 25.5 Å². The molecule has 0 atom stereocenters. The van der Waals surface area contributed by atoms with Gasteiger partial charge in [0.25, 0.3) is 5.91 Å². The molecule has 1 aliphatic heterocycles. The molecule has 0 radical (unpaired) electrons. The molecule has 1 fully saturated rings. The molecule has 0 aliphatic carbocycles. The quantitative estimate of drug-likeness (QED) is 0.479. The van der Waals surface area contributed by atoms with E-state index in [0.717, 1.165) is 37.8 Å². The number of hydrogen-bond acceptors (Lipinski definition) is 4. The van der Waals surface area contributed by atoms with Crippen molar-refractivity contribution in [3.8, 4) is 5.75 Å². The maximum atomic E-state index is 12.3. The number of ether oxygens (including phenoxy) is 1. The summed E-state index contributed by atoms with van der Waals surface area (Å²) in [5.74, 6) is 2.09. The zero-order valence-corrected chi connectivity index (χ0v) is 15.6. The van der Waals surface area contributed by atoms with Crippen LogP contribution in [0.5, 0.6) is 5.75 Å². The smallest absolute Gasteiger partial charge is 0.289 e.